The van der Waals surface area contributed by atoms with Gasteiger partial charge in [0.25, 0.3) is 0 Å². The maximum Gasteiger partial charge on any atom is 0.236 e. The van der Waals surface area contributed by atoms with Crippen molar-refractivity contribution < 1.29 is 14.4 Å². The summed E-state index contributed by atoms with van der Waals surface area (Å²) in [6.07, 6.45) is 53.9. The zero-order valence-electron chi connectivity index (χ0n) is 46.6. The molecule has 0 heterocycles. The first kappa shape index (κ1) is 65.4. The molecule has 7 heteroatoms. The largest absolute Gasteiger partial charge is 0.343 e. The first-order valence-electron chi connectivity index (χ1n) is 30.3. The van der Waals surface area contributed by atoms with Gasteiger partial charge in [0.2, 0.25) is 17.7 Å². The van der Waals surface area contributed by atoms with E-state index in [0.717, 1.165) is 123 Å². The third-order valence-corrected chi connectivity index (χ3v) is 14.3. The number of hydrogen-bond acceptors (Lipinski definition) is 4. The Morgan fingerprint density at radius 2 is 0.418 bits per heavy atom. The Labute approximate surface area is 420 Å². The minimum atomic E-state index is 0.251. The second-order valence-electron chi connectivity index (χ2n) is 21.3. The maximum atomic E-state index is 13.4. The fraction of sp³-hybridized carbons (Fsp3) is 0.950. The molecule has 67 heavy (non-hydrogen) atoms. The number of hydrogen-bond donors (Lipinski definition) is 0. The van der Waals surface area contributed by atoms with Crippen molar-refractivity contribution in [3.05, 3.63) is 0 Å². The Morgan fingerprint density at radius 1 is 0.239 bits per heavy atom. The van der Waals surface area contributed by atoms with Crippen molar-refractivity contribution in [1.29, 1.82) is 0 Å². The lowest BCUT2D eigenvalue weighted by Crippen LogP contribution is -2.39. The van der Waals surface area contributed by atoms with Gasteiger partial charge >= 0.3 is 0 Å². The Kier molecular flexibility index (Phi) is 50.9. The molecule has 0 saturated heterocycles. The molecular weight excluding hydrogens is 825 g/mol. The summed E-state index contributed by atoms with van der Waals surface area (Å²) in [5.74, 6) is 1.03. The van der Waals surface area contributed by atoms with Crippen LogP contribution in [0.1, 0.15) is 310 Å². The van der Waals surface area contributed by atoms with Crippen LogP contribution in [0.2, 0.25) is 0 Å². The molecule has 0 aromatic rings. The summed E-state index contributed by atoms with van der Waals surface area (Å²) < 4.78 is 0. The van der Waals surface area contributed by atoms with Crippen molar-refractivity contribution in [2.24, 2.45) is 0 Å². The fourth-order valence-electron chi connectivity index (χ4n) is 9.73. The molecule has 0 radical (unpaired) electrons. The standard InChI is InChI=1S/C60H120N4O3/c1-7-11-15-19-23-27-35-43-51-62(52-44-36-28-24-20-16-12-8-2)59(66)50-42-34-32-40-48-56-64(60(67)57-61(5)6)55-47-39-31-30-38-46-54-63(53-45-37-29-25-21-17-13-9-3)58(65)49-41-33-26-22-18-14-10-4/h7-57H2,1-6H3. The van der Waals surface area contributed by atoms with Crippen LogP contribution in [0.5, 0.6) is 0 Å². The lowest BCUT2D eigenvalue weighted by molar-refractivity contribution is -0.132. The second kappa shape index (κ2) is 52.2. The van der Waals surface area contributed by atoms with Crippen LogP contribution in [0.3, 0.4) is 0 Å². The smallest absolute Gasteiger partial charge is 0.236 e. The van der Waals surface area contributed by atoms with Crippen molar-refractivity contribution in [1.82, 2.24) is 19.6 Å². The SMILES string of the molecule is CCCCCCCCCCN(CCCCCCCCN(CCCCCCCC(=O)N(CCCCCCCCCC)CCCCCCCCCC)C(=O)CN(C)C)C(=O)CCCCCCCCC. The molecule has 0 saturated carbocycles. The van der Waals surface area contributed by atoms with Crippen LogP contribution in [-0.4, -0.2) is 97.2 Å². The summed E-state index contributed by atoms with van der Waals surface area (Å²) in [5.41, 5.74) is 0. The van der Waals surface area contributed by atoms with Gasteiger partial charge in [-0.25, -0.2) is 0 Å². The van der Waals surface area contributed by atoms with Gasteiger partial charge in [0.1, 0.15) is 0 Å². The van der Waals surface area contributed by atoms with E-state index in [4.69, 9.17) is 0 Å². The van der Waals surface area contributed by atoms with E-state index < -0.39 is 0 Å². The van der Waals surface area contributed by atoms with Crippen LogP contribution in [0.15, 0.2) is 0 Å². The molecule has 0 aliphatic carbocycles. The fourth-order valence-corrected chi connectivity index (χ4v) is 9.73. The average Bonchev–Trinajstić information content (AvgIpc) is 3.31. The van der Waals surface area contributed by atoms with Gasteiger partial charge in [0.05, 0.1) is 6.54 Å². The number of amides is 3. The second-order valence-corrected chi connectivity index (χ2v) is 21.3. The van der Waals surface area contributed by atoms with E-state index in [1.165, 1.54) is 193 Å². The van der Waals surface area contributed by atoms with E-state index >= 15 is 0 Å². The lowest BCUT2D eigenvalue weighted by Gasteiger charge is -2.24. The summed E-state index contributed by atoms with van der Waals surface area (Å²) in [6.45, 7) is 15.0. The molecule has 0 bridgehead atoms. The van der Waals surface area contributed by atoms with Gasteiger partial charge in [-0.15, -0.1) is 0 Å². The number of rotatable bonds is 54. The lowest BCUT2D eigenvalue weighted by atomic mass is 10.1. The zero-order valence-corrected chi connectivity index (χ0v) is 46.6. The minimum absolute atomic E-state index is 0.251. The molecule has 3 amide bonds. The predicted molar refractivity (Wildman–Crippen MR) is 294 cm³/mol. The summed E-state index contributed by atoms with van der Waals surface area (Å²) in [4.78, 5) is 48.5. The van der Waals surface area contributed by atoms with Gasteiger partial charge in [-0.1, -0.05) is 246 Å². The Balaban J connectivity index is 4.65. The number of carbonyl (C=O) groups excluding carboxylic acids is 3. The third kappa shape index (κ3) is 45.3. The highest BCUT2D eigenvalue weighted by molar-refractivity contribution is 5.78. The Hall–Kier alpha value is -1.63. The summed E-state index contributed by atoms with van der Waals surface area (Å²) in [5, 5.41) is 0. The van der Waals surface area contributed by atoms with Crippen LogP contribution in [0.4, 0.5) is 0 Å². The zero-order chi connectivity index (χ0) is 49.1. The van der Waals surface area contributed by atoms with E-state index in [1.807, 2.05) is 19.0 Å². The van der Waals surface area contributed by atoms with E-state index in [1.54, 1.807) is 0 Å². The molecule has 0 fully saturated rings. The summed E-state index contributed by atoms with van der Waals surface area (Å²) in [7, 11) is 3.98. The molecular formula is C60H120N4O3. The van der Waals surface area contributed by atoms with Crippen LogP contribution in [0.25, 0.3) is 0 Å². The highest BCUT2D eigenvalue weighted by Crippen LogP contribution is 2.17. The van der Waals surface area contributed by atoms with Crippen molar-refractivity contribution in [2.45, 2.75) is 310 Å². The number of likely N-dealkylation sites (N-methyl/N-ethyl adjacent to an activating group) is 1. The number of unbranched alkanes of at least 4 members (excludes halogenated alkanes) is 36. The Bertz CT molecular complexity index is 1030. The van der Waals surface area contributed by atoms with Crippen molar-refractivity contribution >= 4 is 17.7 Å². The van der Waals surface area contributed by atoms with Gasteiger partial charge < -0.3 is 19.6 Å². The topological polar surface area (TPSA) is 64.2 Å². The van der Waals surface area contributed by atoms with Gasteiger partial charge in [-0.2, -0.15) is 0 Å². The average molecular weight is 946 g/mol. The molecule has 0 aromatic carbocycles. The van der Waals surface area contributed by atoms with Crippen molar-refractivity contribution in [3.8, 4) is 0 Å². The van der Waals surface area contributed by atoms with E-state index in [9.17, 15) is 14.4 Å². The van der Waals surface area contributed by atoms with E-state index in [2.05, 4.69) is 42.4 Å². The monoisotopic (exact) mass is 945 g/mol. The molecule has 0 aromatic heterocycles. The van der Waals surface area contributed by atoms with Crippen molar-refractivity contribution in [2.75, 3.05) is 59.9 Å². The molecule has 0 rings (SSSR count). The third-order valence-electron chi connectivity index (χ3n) is 14.3. The van der Waals surface area contributed by atoms with Gasteiger partial charge in [0, 0.05) is 52.1 Å². The highest BCUT2D eigenvalue weighted by Gasteiger charge is 2.16. The normalized spacial score (nSPS) is 11.5. The highest BCUT2D eigenvalue weighted by atomic mass is 16.2. The molecule has 398 valence electrons. The van der Waals surface area contributed by atoms with Crippen molar-refractivity contribution in [3.63, 3.8) is 0 Å². The molecule has 0 atom stereocenters. The van der Waals surface area contributed by atoms with Crippen LogP contribution < -0.4 is 0 Å². The van der Waals surface area contributed by atoms with Crippen LogP contribution in [0, 0.1) is 0 Å². The van der Waals surface area contributed by atoms with Gasteiger partial charge in [-0.3, -0.25) is 14.4 Å². The molecule has 0 N–H and O–H groups in total. The molecule has 0 spiro atoms. The number of nitrogens with zero attached hydrogens (tertiary/aromatic N) is 4. The molecule has 0 aliphatic heterocycles. The predicted octanol–water partition coefficient (Wildman–Crippen LogP) is 17.3. The maximum absolute atomic E-state index is 13.4. The number of carbonyl (C=O) groups is 3. The van der Waals surface area contributed by atoms with Crippen LogP contribution >= 0.6 is 0 Å². The first-order valence-corrected chi connectivity index (χ1v) is 30.3. The van der Waals surface area contributed by atoms with E-state index in [0.29, 0.717) is 24.8 Å². The molecule has 0 aliphatic rings. The molecule has 0 unspecified atom stereocenters. The molecule has 7 nitrogen and oxygen atoms in total. The van der Waals surface area contributed by atoms with E-state index in [-0.39, 0.29) is 5.91 Å². The van der Waals surface area contributed by atoms with Gasteiger partial charge in [-0.05, 0) is 65.5 Å². The minimum Gasteiger partial charge on any atom is -0.343 e. The quantitative estimate of drug-likeness (QED) is 0.0570. The summed E-state index contributed by atoms with van der Waals surface area (Å²) >= 11 is 0. The first-order chi connectivity index (χ1) is 32.8. The summed E-state index contributed by atoms with van der Waals surface area (Å²) in [6, 6.07) is 0. The van der Waals surface area contributed by atoms with Crippen LogP contribution in [-0.2, 0) is 14.4 Å². The van der Waals surface area contributed by atoms with Gasteiger partial charge in [0.15, 0.2) is 0 Å². The Morgan fingerprint density at radius 3 is 0.627 bits per heavy atom.